The molecule has 0 unspecified atom stereocenters. The third kappa shape index (κ3) is 3.04. The Labute approximate surface area is 141 Å². The summed E-state index contributed by atoms with van der Waals surface area (Å²) in [6.45, 7) is 4.18. The molecule has 0 fully saturated rings. The molecule has 0 aromatic heterocycles. The van der Waals surface area contributed by atoms with Crippen molar-refractivity contribution in [2.45, 2.75) is 13.8 Å². The molecule has 24 heavy (non-hydrogen) atoms. The minimum atomic E-state index is 0.681. The van der Waals surface area contributed by atoms with Gasteiger partial charge in [-0.15, -0.1) is 0 Å². The van der Waals surface area contributed by atoms with E-state index in [4.69, 9.17) is 0 Å². The molecule has 0 bridgehead atoms. The summed E-state index contributed by atoms with van der Waals surface area (Å²) in [4.78, 5) is 21.6. The van der Waals surface area contributed by atoms with E-state index in [1.54, 1.807) is 0 Å². The van der Waals surface area contributed by atoms with Crippen molar-refractivity contribution in [2.24, 2.45) is 0 Å². The lowest BCUT2D eigenvalue weighted by Gasteiger charge is -2.13. The van der Waals surface area contributed by atoms with Crippen molar-refractivity contribution in [1.29, 1.82) is 0 Å². The summed E-state index contributed by atoms with van der Waals surface area (Å²) < 4.78 is 0. The van der Waals surface area contributed by atoms with Gasteiger partial charge in [0.05, 0.1) is 0 Å². The van der Waals surface area contributed by atoms with E-state index < -0.39 is 0 Å². The monoisotopic (exact) mass is 314 g/mol. The first-order valence-corrected chi connectivity index (χ1v) is 7.85. The van der Waals surface area contributed by atoms with Crippen molar-refractivity contribution in [3.63, 3.8) is 0 Å². The average Bonchev–Trinajstić information content (AvgIpc) is 2.63. The maximum atomic E-state index is 10.8. The number of benzene rings is 3. The Hall–Kier alpha value is -3.00. The standard InChI is InChI=1S/C22H18O2/c1-15-11-22(20-9-5-18(14-24)6-10-20)16(2)12-21(15)19-7-3-17(13-23)4-8-19/h3-14H,1-2H3. The van der Waals surface area contributed by atoms with Crippen molar-refractivity contribution in [3.05, 3.63) is 82.9 Å². The number of hydrogen-bond acceptors (Lipinski definition) is 2. The maximum Gasteiger partial charge on any atom is 0.150 e. The van der Waals surface area contributed by atoms with Crippen LogP contribution in [0.1, 0.15) is 31.8 Å². The second-order valence-electron chi connectivity index (χ2n) is 5.96. The van der Waals surface area contributed by atoms with E-state index in [1.165, 1.54) is 22.3 Å². The molecule has 0 spiro atoms. The predicted molar refractivity (Wildman–Crippen MR) is 97.6 cm³/mol. The molecule has 3 aromatic rings. The van der Waals surface area contributed by atoms with Gasteiger partial charge in [-0.1, -0.05) is 60.7 Å². The summed E-state index contributed by atoms with van der Waals surface area (Å²) in [5.41, 5.74) is 8.24. The first-order chi connectivity index (χ1) is 11.6. The van der Waals surface area contributed by atoms with Crippen LogP contribution in [0.4, 0.5) is 0 Å². The van der Waals surface area contributed by atoms with Gasteiger partial charge in [-0.25, -0.2) is 0 Å². The lowest BCUT2D eigenvalue weighted by atomic mass is 9.91. The van der Waals surface area contributed by atoms with Crippen LogP contribution >= 0.6 is 0 Å². The molecule has 0 amide bonds. The van der Waals surface area contributed by atoms with Crippen LogP contribution in [0.25, 0.3) is 22.3 Å². The zero-order valence-corrected chi connectivity index (χ0v) is 13.7. The highest BCUT2D eigenvalue weighted by Crippen LogP contribution is 2.32. The number of aryl methyl sites for hydroxylation is 2. The van der Waals surface area contributed by atoms with Crippen molar-refractivity contribution in [1.82, 2.24) is 0 Å². The molecule has 3 aromatic carbocycles. The molecule has 0 aliphatic rings. The Morgan fingerprint density at radius 2 is 0.917 bits per heavy atom. The minimum Gasteiger partial charge on any atom is -0.298 e. The van der Waals surface area contributed by atoms with Gasteiger partial charge in [-0.3, -0.25) is 9.59 Å². The molecule has 0 aliphatic carbocycles. The van der Waals surface area contributed by atoms with E-state index in [2.05, 4.69) is 26.0 Å². The van der Waals surface area contributed by atoms with E-state index in [9.17, 15) is 9.59 Å². The van der Waals surface area contributed by atoms with E-state index >= 15 is 0 Å². The predicted octanol–water partition coefficient (Wildman–Crippen LogP) is 5.26. The lowest BCUT2D eigenvalue weighted by molar-refractivity contribution is 0.111. The van der Waals surface area contributed by atoms with Crippen LogP contribution in [0.3, 0.4) is 0 Å². The molecule has 3 rings (SSSR count). The fourth-order valence-electron chi connectivity index (χ4n) is 2.92. The van der Waals surface area contributed by atoms with Gasteiger partial charge in [0, 0.05) is 11.1 Å². The van der Waals surface area contributed by atoms with E-state index in [0.717, 1.165) is 23.7 Å². The van der Waals surface area contributed by atoms with E-state index in [1.807, 2.05) is 48.5 Å². The highest BCUT2D eigenvalue weighted by Gasteiger charge is 2.08. The number of hydrogen-bond donors (Lipinski definition) is 0. The van der Waals surface area contributed by atoms with Gasteiger partial charge in [-0.2, -0.15) is 0 Å². The zero-order valence-electron chi connectivity index (χ0n) is 13.7. The Kier molecular flexibility index (Phi) is 4.39. The summed E-state index contributed by atoms with van der Waals surface area (Å²) in [6, 6.07) is 19.6. The van der Waals surface area contributed by atoms with Crippen molar-refractivity contribution in [3.8, 4) is 22.3 Å². The van der Waals surface area contributed by atoms with Crippen LogP contribution in [0, 0.1) is 13.8 Å². The summed E-state index contributed by atoms with van der Waals surface area (Å²) in [7, 11) is 0. The smallest absolute Gasteiger partial charge is 0.150 e. The first kappa shape index (κ1) is 15.9. The van der Waals surface area contributed by atoms with Crippen LogP contribution in [0.15, 0.2) is 60.7 Å². The summed E-state index contributed by atoms with van der Waals surface area (Å²) in [6.07, 6.45) is 1.71. The van der Waals surface area contributed by atoms with Crippen LogP contribution in [0.2, 0.25) is 0 Å². The fourth-order valence-corrected chi connectivity index (χ4v) is 2.92. The second-order valence-corrected chi connectivity index (χ2v) is 5.96. The van der Waals surface area contributed by atoms with Crippen molar-refractivity contribution < 1.29 is 9.59 Å². The number of carbonyl (C=O) groups excluding carboxylic acids is 2. The summed E-state index contributed by atoms with van der Waals surface area (Å²) in [5, 5.41) is 0. The number of carbonyl (C=O) groups is 2. The third-order valence-corrected chi connectivity index (χ3v) is 4.29. The molecule has 0 radical (unpaired) electrons. The lowest BCUT2D eigenvalue weighted by Crippen LogP contribution is -1.91. The van der Waals surface area contributed by atoms with Crippen molar-refractivity contribution in [2.75, 3.05) is 0 Å². The molecule has 0 saturated carbocycles. The maximum absolute atomic E-state index is 10.8. The van der Waals surface area contributed by atoms with Gasteiger partial charge in [0.15, 0.2) is 0 Å². The quantitative estimate of drug-likeness (QED) is 0.615. The first-order valence-electron chi connectivity index (χ1n) is 7.85. The fraction of sp³-hybridized carbons (Fsp3) is 0.0909. The van der Waals surface area contributed by atoms with Gasteiger partial charge in [0.25, 0.3) is 0 Å². The van der Waals surface area contributed by atoms with Gasteiger partial charge >= 0.3 is 0 Å². The van der Waals surface area contributed by atoms with Crippen LogP contribution in [0.5, 0.6) is 0 Å². The normalized spacial score (nSPS) is 10.4. The molecule has 2 nitrogen and oxygen atoms in total. The molecular weight excluding hydrogens is 296 g/mol. The Morgan fingerprint density at radius 3 is 1.21 bits per heavy atom. The minimum absolute atomic E-state index is 0.681. The van der Waals surface area contributed by atoms with Crippen LogP contribution in [-0.2, 0) is 0 Å². The molecule has 118 valence electrons. The number of aldehydes is 2. The second kappa shape index (κ2) is 6.63. The molecular formula is C22H18O2. The van der Waals surface area contributed by atoms with Gasteiger partial charge in [-0.05, 0) is 47.2 Å². The molecule has 0 saturated heterocycles. The number of rotatable bonds is 4. The third-order valence-electron chi connectivity index (χ3n) is 4.29. The Bertz CT molecular complexity index is 811. The molecule has 0 heterocycles. The largest absolute Gasteiger partial charge is 0.298 e. The van der Waals surface area contributed by atoms with Gasteiger partial charge in [0.2, 0.25) is 0 Å². The average molecular weight is 314 g/mol. The van der Waals surface area contributed by atoms with Gasteiger partial charge < -0.3 is 0 Å². The summed E-state index contributed by atoms with van der Waals surface area (Å²) >= 11 is 0. The van der Waals surface area contributed by atoms with Crippen LogP contribution in [-0.4, -0.2) is 12.6 Å². The van der Waals surface area contributed by atoms with Crippen LogP contribution < -0.4 is 0 Å². The highest BCUT2D eigenvalue weighted by atomic mass is 16.1. The van der Waals surface area contributed by atoms with Gasteiger partial charge in [0.1, 0.15) is 12.6 Å². The molecule has 0 N–H and O–H groups in total. The topological polar surface area (TPSA) is 34.1 Å². The Balaban J connectivity index is 2.03. The van der Waals surface area contributed by atoms with Crippen molar-refractivity contribution >= 4 is 12.6 Å². The zero-order chi connectivity index (χ0) is 17.1. The van der Waals surface area contributed by atoms with E-state index in [0.29, 0.717) is 11.1 Å². The Morgan fingerprint density at radius 1 is 0.583 bits per heavy atom. The van der Waals surface area contributed by atoms with E-state index in [-0.39, 0.29) is 0 Å². The molecule has 2 heteroatoms. The SMILES string of the molecule is Cc1cc(-c2ccc(C=O)cc2)c(C)cc1-c1ccc(C=O)cc1. The molecule has 0 atom stereocenters. The molecule has 0 aliphatic heterocycles. The summed E-state index contributed by atoms with van der Waals surface area (Å²) in [5.74, 6) is 0. The highest BCUT2D eigenvalue weighted by molar-refractivity contribution is 5.81.